The Morgan fingerprint density at radius 3 is 2.70 bits per heavy atom. The third-order valence-electron chi connectivity index (χ3n) is 4.53. The summed E-state index contributed by atoms with van der Waals surface area (Å²) in [7, 11) is 0. The van der Waals surface area contributed by atoms with E-state index < -0.39 is 0 Å². The summed E-state index contributed by atoms with van der Waals surface area (Å²) in [6.45, 7) is 2.16. The van der Waals surface area contributed by atoms with Crippen molar-refractivity contribution >= 4 is 50.7 Å². The summed E-state index contributed by atoms with van der Waals surface area (Å²) >= 11 is 13.6. The number of aryl methyl sites for hydroxylation is 1. The molecule has 0 saturated heterocycles. The third kappa shape index (κ3) is 4.56. The van der Waals surface area contributed by atoms with E-state index in [2.05, 4.69) is 39.6 Å². The number of benzene rings is 2. The first-order valence-corrected chi connectivity index (χ1v) is 10.8. The van der Waals surface area contributed by atoms with Crippen LogP contribution >= 0.6 is 34.5 Å². The van der Waals surface area contributed by atoms with Crippen molar-refractivity contribution in [2.24, 2.45) is 0 Å². The van der Waals surface area contributed by atoms with Gasteiger partial charge in [0.15, 0.2) is 6.61 Å². The van der Waals surface area contributed by atoms with E-state index in [-0.39, 0.29) is 19.1 Å². The lowest BCUT2D eigenvalue weighted by Crippen LogP contribution is -2.28. The quantitative estimate of drug-likeness (QED) is 0.405. The predicted molar refractivity (Wildman–Crippen MR) is 121 cm³/mol. The highest BCUT2D eigenvalue weighted by Crippen LogP contribution is 2.37. The molecule has 0 fully saturated rings. The standard InChI is InChI=1S/C22H17Cl2N3O2S/c1-13-2-4-14(5-3-13)17-11-30-22-20(17)21(26-12-27-22)29-10-19(28)25-9-15-6-7-16(23)8-18(15)24/h2-8,11-12H,9-10H2,1H3,(H,25,28). The topological polar surface area (TPSA) is 64.1 Å². The van der Waals surface area contributed by atoms with Crippen molar-refractivity contribution in [3.8, 4) is 17.0 Å². The van der Waals surface area contributed by atoms with Crippen molar-refractivity contribution in [3.63, 3.8) is 0 Å². The van der Waals surface area contributed by atoms with Gasteiger partial charge in [0.1, 0.15) is 11.2 Å². The van der Waals surface area contributed by atoms with Crippen molar-refractivity contribution in [2.75, 3.05) is 6.61 Å². The number of amides is 1. The smallest absolute Gasteiger partial charge is 0.258 e. The first-order chi connectivity index (χ1) is 14.5. The molecule has 0 radical (unpaired) electrons. The minimum atomic E-state index is -0.278. The van der Waals surface area contributed by atoms with Gasteiger partial charge >= 0.3 is 0 Å². The van der Waals surface area contributed by atoms with Crippen LogP contribution in [0.5, 0.6) is 5.88 Å². The number of carbonyl (C=O) groups excluding carboxylic acids is 1. The van der Waals surface area contributed by atoms with Crippen molar-refractivity contribution in [2.45, 2.75) is 13.5 Å². The van der Waals surface area contributed by atoms with Gasteiger partial charge in [0.25, 0.3) is 5.91 Å². The van der Waals surface area contributed by atoms with Gasteiger partial charge < -0.3 is 10.1 Å². The van der Waals surface area contributed by atoms with E-state index in [0.29, 0.717) is 15.9 Å². The Balaban J connectivity index is 1.48. The molecule has 30 heavy (non-hydrogen) atoms. The van der Waals surface area contributed by atoms with E-state index in [1.807, 2.05) is 12.3 Å². The molecule has 0 aliphatic carbocycles. The van der Waals surface area contributed by atoms with Crippen LogP contribution < -0.4 is 10.1 Å². The molecule has 0 aliphatic heterocycles. The number of carbonyl (C=O) groups is 1. The molecule has 0 aliphatic rings. The molecule has 152 valence electrons. The molecule has 2 heterocycles. The van der Waals surface area contributed by atoms with Crippen molar-refractivity contribution in [3.05, 3.63) is 75.3 Å². The number of fused-ring (bicyclic) bond motifs is 1. The van der Waals surface area contributed by atoms with Crippen LogP contribution in [-0.4, -0.2) is 22.5 Å². The minimum Gasteiger partial charge on any atom is -0.467 e. The maximum absolute atomic E-state index is 12.3. The van der Waals surface area contributed by atoms with Gasteiger partial charge in [0.2, 0.25) is 5.88 Å². The zero-order chi connectivity index (χ0) is 21.1. The van der Waals surface area contributed by atoms with Crippen LogP contribution in [0, 0.1) is 6.92 Å². The van der Waals surface area contributed by atoms with Crippen LogP contribution in [0.25, 0.3) is 21.3 Å². The lowest BCUT2D eigenvalue weighted by atomic mass is 10.0. The van der Waals surface area contributed by atoms with Crippen LogP contribution in [0.15, 0.2) is 54.2 Å². The van der Waals surface area contributed by atoms with Crippen molar-refractivity contribution in [1.29, 1.82) is 0 Å². The van der Waals surface area contributed by atoms with E-state index in [0.717, 1.165) is 26.9 Å². The second kappa shape index (κ2) is 9.00. The zero-order valence-corrected chi connectivity index (χ0v) is 18.3. The molecule has 0 saturated carbocycles. The summed E-state index contributed by atoms with van der Waals surface area (Å²) in [6, 6.07) is 13.4. The lowest BCUT2D eigenvalue weighted by Gasteiger charge is -2.10. The van der Waals surface area contributed by atoms with E-state index >= 15 is 0 Å². The van der Waals surface area contributed by atoms with Crippen molar-refractivity contribution in [1.82, 2.24) is 15.3 Å². The van der Waals surface area contributed by atoms with E-state index in [1.54, 1.807) is 18.2 Å². The SMILES string of the molecule is Cc1ccc(-c2csc3ncnc(OCC(=O)NCc4ccc(Cl)cc4Cl)c23)cc1. The minimum absolute atomic E-state index is 0.166. The molecule has 0 unspecified atom stereocenters. The number of hydrogen-bond acceptors (Lipinski definition) is 5. The van der Waals surface area contributed by atoms with Gasteiger partial charge in [-0.1, -0.05) is 59.1 Å². The van der Waals surface area contributed by atoms with Gasteiger partial charge in [-0.2, -0.15) is 0 Å². The van der Waals surface area contributed by atoms with Crippen LogP contribution in [0.2, 0.25) is 10.0 Å². The lowest BCUT2D eigenvalue weighted by molar-refractivity contribution is -0.123. The molecule has 2 aromatic carbocycles. The maximum atomic E-state index is 12.3. The molecular formula is C22H17Cl2N3O2S. The molecule has 8 heteroatoms. The first-order valence-electron chi connectivity index (χ1n) is 9.14. The summed E-state index contributed by atoms with van der Waals surface area (Å²) < 4.78 is 5.75. The summed E-state index contributed by atoms with van der Waals surface area (Å²) in [4.78, 5) is 21.7. The van der Waals surface area contributed by atoms with E-state index in [9.17, 15) is 4.79 Å². The Bertz CT molecular complexity index is 1210. The average molecular weight is 458 g/mol. The largest absolute Gasteiger partial charge is 0.467 e. The fraction of sp³-hybridized carbons (Fsp3) is 0.136. The summed E-state index contributed by atoms with van der Waals surface area (Å²) in [5.74, 6) is 0.108. The molecule has 1 N–H and O–H groups in total. The number of aromatic nitrogens is 2. The van der Waals surface area contributed by atoms with Gasteiger partial charge in [-0.3, -0.25) is 4.79 Å². The van der Waals surface area contributed by atoms with Gasteiger partial charge in [-0.15, -0.1) is 11.3 Å². The molecular weight excluding hydrogens is 441 g/mol. The number of thiophene rings is 1. The number of nitrogens with one attached hydrogen (secondary N) is 1. The Morgan fingerprint density at radius 1 is 1.13 bits per heavy atom. The summed E-state index contributed by atoms with van der Waals surface area (Å²) in [5, 5.41) is 6.67. The summed E-state index contributed by atoms with van der Waals surface area (Å²) in [6.07, 6.45) is 1.44. The monoisotopic (exact) mass is 457 g/mol. The second-order valence-corrected chi connectivity index (χ2v) is 8.38. The Kier molecular flexibility index (Phi) is 6.18. The van der Waals surface area contributed by atoms with Crippen molar-refractivity contribution < 1.29 is 9.53 Å². The van der Waals surface area contributed by atoms with Crippen LogP contribution in [0.4, 0.5) is 0 Å². The van der Waals surface area contributed by atoms with Gasteiger partial charge in [0, 0.05) is 27.5 Å². The molecule has 4 aromatic rings. The Morgan fingerprint density at radius 2 is 1.93 bits per heavy atom. The Hall–Kier alpha value is -2.67. The molecule has 0 atom stereocenters. The van der Waals surface area contributed by atoms with Crippen LogP contribution in [-0.2, 0) is 11.3 Å². The molecule has 4 rings (SSSR count). The third-order valence-corrected chi connectivity index (χ3v) is 6.00. The van der Waals surface area contributed by atoms with E-state index in [4.69, 9.17) is 27.9 Å². The zero-order valence-electron chi connectivity index (χ0n) is 16.0. The van der Waals surface area contributed by atoms with Gasteiger partial charge in [-0.25, -0.2) is 9.97 Å². The molecule has 2 aromatic heterocycles. The molecule has 1 amide bonds. The molecule has 5 nitrogen and oxygen atoms in total. The molecule has 0 bridgehead atoms. The molecule has 0 spiro atoms. The first kappa shape index (κ1) is 20.6. The highest BCUT2D eigenvalue weighted by atomic mass is 35.5. The highest BCUT2D eigenvalue weighted by molar-refractivity contribution is 7.17. The fourth-order valence-electron chi connectivity index (χ4n) is 2.95. The number of rotatable bonds is 6. The van der Waals surface area contributed by atoms with Gasteiger partial charge in [0.05, 0.1) is 5.39 Å². The fourth-order valence-corrected chi connectivity index (χ4v) is 4.33. The Labute approximate surface area is 187 Å². The summed E-state index contributed by atoms with van der Waals surface area (Å²) in [5.41, 5.74) is 3.99. The predicted octanol–water partition coefficient (Wildman–Crippen LogP) is 5.67. The number of halogens is 2. The number of nitrogens with zero attached hydrogens (tertiary/aromatic N) is 2. The van der Waals surface area contributed by atoms with Crippen LogP contribution in [0.1, 0.15) is 11.1 Å². The number of hydrogen-bond donors (Lipinski definition) is 1. The normalized spacial score (nSPS) is 10.9. The maximum Gasteiger partial charge on any atom is 0.258 e. The highest BCUT2D eigenvalue weighted by Gasteiger charge is 2.15. The second-order valence-electron chi connectivity index (χ2n) is 6.68. The van der Waals surface area contributed by atoms with E-state index in [1.165, 1.54) is 23.2 Å². The number of ether oxygens (including phenoxy) is 1. The van der Waals surface area contributed by atoms with Crippen LogP contribution in [0.3, 0.4) is 0 Å². The van der Waals surface area contributed by atoms with Gasteiger partial charge in [-0.05, 0) is 30.2 Å². The average Bonchev–Trinajstić information content (AvgIpc) is 3.17.